The number of ether oxygens (including phenoxy) is 1. The number of aromatic nitrogens is 1. The summed E-state index contributed by atoms with van der Waals surface area (Å²) in [5, 5.41) is 3.19. The van der Waals surface area contributed by atoms with Crippen molar-refractivity contribution in [1.29, 1.82) is 0 Å². The monoisotopic (exact) mass is 350 g/mol. The molecule has 128 valence electrons. The van der Waals surface area contributed by atoms with E-state index in [0.717, 1.165) is 34.9 Å². The maximum absolute atomic E-state index is 6.52. The lowest BCUT2D eigenvalue weighted by Gasteiger charge is -2.19. The van der Waals surface area contributed by atoms with Gasteiger partial charge in [-0.3, -0.25) is 0 Å². The number of hydrogen-bond donors (Lipinski definition) is 1. The molecule has 0 spiro atoms. The van der Waals surface area contributed by atoms with Crippen LogP contribution in [0.3, 0.4) is 0 Å². The molecule has 1 saturated carbocycles. The van der Waals surface area contributed by atoms with E-state index in [1.54, 1.807) is 11.3 Å². The molecular formula is C21H22N2OS. The average Bonchev–Trinajstić information content (AvgIpc) is 3.32. The summed E-state index contributed by atoms with van der Waals surface area (Å²) in [6, 6.07) is 18.3. The molecule has 0 unspecified atom stereocenters. The number of nitrogens with two attached hydrogens (primary N) is 1. The van der Waals surface area contributed by atoms with Crippen molar-refractivity contribution in [3.8, 4) is 17.0 Å². The van der Waals surface area contributed by atoms with Gasteiger partial charge in [-0.05, 0) is 42.7 Å². The minimum Gasteiger partial charge on any atom is -0.489 e. The van der Waals surface area contributed by atoms with E-state index < -0.39 is 0 Å². The zero-order valence-electron chi connectivity index (χ0n) is 14.2. The highest BCUT2D eigenvalue weighted by atomic mass is 32.1. The molecule has 1 heterocycles. The largest absolute Gasteiger partial charge is 0.489 e. The maximum Gasteiger partial charge on any atom is 0.119 e. The van der Waals surface area contributed by atoms with Crippen LogP contribution in [0.4, 0.5) is 0 Å². The molecule has 4 rings (SSSR count). The number of thiazole rings is 1. The third-order valence-electron chi connectivity index (χ3n) is 4.82. The summed E-state index contributed by atoms with van der Waals surface area (Å²) in [6.07, 6.45) is 4.51. The van der Waals surface area contributed by atoms with Gasteiger partial charge in [-0.25, -0.2) is 4.98 Å². The number of benzene rings is 2. The van der Waals surface area contributed by atoms with E-state index in [2.05, 4.69) is 29.6 Å². The first-order valence-electron chi connectivity index (χ1n) is 8.75. The molecule has 2 N–H and O–H groups in total. The van der Waals surface area contributed by atoms with Crippen LogP contribution in [0.2, 0.25) is 0 Å². The molecule has 0 radical (unpaired) electrons. The van der Waals surface area contributed by atoms with Gasteiger partial charge in [-0.15, -0.1) is 11.3 Å². The molecule has 0 aliphatic heterocycles. The molecule has 25 heavy (non-hydrogen) atoms. The second kappa shape index (κ2) is 6.98. The zero-order chi connectivity index (χ0) is 17.1. The Balaban J connectivity index is 1.44. The molecule has 2 aromatic carbocycles. The van der Waals surface area contributed by atoms with Gasteiger partial charge in [0.1, 0.15) is 17.4 Å². The summed E-state index contributed by atoms with van der Waals surface area (Å²) in [5.41, 5.74) is 9.59. The van der Waals surface area contributed by atoms with Crippen LogP contribution in [-0.4, -0.2) is 4.98 Å². The first-order chi connectivity index (χ1) is 12.2. The summed E-state index contributed by atoms with van der Waals surface area (Å²) >= 11 is 1.68. The SMILES string of the molecule is NC1(c2nc(-c3ccc(OCc4ccccc4)cc3)cs2)CCCC1. The van der Waals surface area contributed by atoms with Crippen LogP contribution in [0.15, 0.2) is 60.0 Å². The molecule has 1 aliphatic rings. The molecule has 1 aromatic heterocycles. The quantitative estimate of drug-likeness (QED) is 0.695. The van der Waals surface area contributed by atoms with Crippen LogP contribution in [-0.2, 0) is 12.1 Å². The number of rotatable bonds is 5. The molecule has 1 fully saturated rings. The Labute approximate surface area is 152 Å². The van der Waals surface area contributed by atoms with E-state index in [0.29, 0.717) is 6.61 Å². The second-order valence-electron chi connectivity index (χ2n) is 6.70. The molecule has 0 saturated heterocycles. The lowest BCUT2D eigenvalue weighted by molar-refractivity contribution is 0.306. The van der Waals surface area contributed by atoms with Gasteiger partial charge in [-0.2, -0.15) is 0 Å². The normalized spacial score (nSPS) is 16.0. The Kier molecular flexibility index (Phi) is 4.55. The minimum absolute atomic E-state index is 0.207. The summed E-state index contributed by atoms with van der Waals surface area (Å²) < 4.78 is 5.85. The lowest BCUT2D eigenvalue weighted by atomic mass is 10.0. The first kappa shape index (κ1) is 16.3. The Morgan fingerprint density at radius 2 is 1.72 bits per heavy atom. The highest BCUT2D eigenvalue weighted by Crippen LogP contribution is 2.39. The van der Waals surface area contributed by atoms with E-state index >= 15 is 0 Å². The standard InChI is InChI=1S/C21H22N2OS/c22-21(12-4-5-13-21)20-23-19(15-25-20)17-8-10-18(11-9-17)24-14-16-6-2-1-3-7-16/h1-3,6-11,15H,4-5,12-14,22H2. The van der Waals surface area contributed by atoms with Gasteiger partial charge in [0.2, 0.25) is 0 Å². The van der Waals surface area contributed by atoms with Crippen molar-refractivity contribution in [2.75, 3.05) is 0 Å². The predicted molar refractivity (Wildman–Crippen MR) is 103 cm³/mol. The van der Waals surface area contributed by atoms with Gasteiger partial charge in [0.05, 0.1) is 11.2 Å². The van der Waals surface area contributed by atoms with Crippen molar-refractivity contribution >= 4 is 11.3 Å². The van der Waals surface area contributed by atoms with E-state index in [-0.39, 0.29) is 5.54 Å². The Bertz CT molecular complexity index is 821. The number of hydrogen-bond acceptors (Lipinski definition) is 4. The summed E-state index contributed by atoms with van der Waals surface area (Å²) in [7, 11) is 0. The Hall–Kier alpha value is -2.17. The van der Waals surface area contributed by atoms with Gasteiger partial charge in [0.25, 0.3) is 0 Å². The molecule has 0 amide bonds. The Morgan fingerprint density at radius 1 is 1.00 bits per heavy atom. The third-order valence-corrected chi connectivity index (χ3v) is 5.89. The van der Waals surface area contributed by atoms with E-state index in [1.165, 1.54) is 18.4 Å². The smallest absolute Gasteiger partial charge is 0.119 e. The van der Waals surface area contributed by atoms with Gasteiger partial charge < -0.3 is 10.5 Å². The van der Waals surface area contributed by atoms with Crippen molar-refractivity contribution in [2.24, 2.45) is 5.73 Å². The van der Waals surface area contributed by atoms with Crippen LogP contribution in [0.5, 0.6) is 5.75 Å². The molecule has 0 atom stereocenters. The van der Waals surface area contributed by atoms with Crippen LogP contribution in [0, 0.1) is 0 Å². The summed E-state index contributed by atoms with van der Waals surface area (Å²) in [5.74, 6) is 0.870. The van der Waals surface area contributed by atoms with E-state index in [9.17, 15) is 0 Å². The molecule has 4 heteroatoms. The van der Waals surface area contributed by atoms with Gasteiger partial charge in [0.15, 0.2) is 0 Å². The first-order valence-corrected chi connectivity index (χ1v) is 9.63. The lowest BCUT2D eigenvalue weighted by Crippen LogP contribution is -2.32. The van der Waals surface area contributed by atoms with Crippen molar-refractivity contribution in [1.82, 2.24) is 4.98 Å². The Morgan fingerprint density at radius 3 is 2.44 bits per heavy atom. The fourth-order valence-electron chi connectivity index (χ4n) is 3.32. The summed E-state index contributed by atoms with van der Waals surface area (Å²) in [6.45, 7) is 0.580. The van der Waals surface area contributed by atoms with Crippen LogP contribution in [0.25, 0.3) is 11.3 Å². The topological polar surface area (TPSA) is 48.1 Å². The number of nitrogens with zero attached hydrogens (tertiary/aromatic N) is 1. The molecule has 1 aliphatic carbocycles. The molecular weight excluding hydrogens is 328 g/mol. The fraction of sp³-hybridized carbons (Fsp3) is 0.286. The average molecular weight is 350 g/mol. The molecule has 0 bridgehead atoms. The second-order valence-corrected chi connectivity index (χ2v) is 7.56. The third kappa shape index (κ3) is 3.60. The van der Waals surface area contributed by atoms with Crippen LogP contribution < -0.4 is 10.5 Å². The molecule has 3 nitrogen and oxygen atoms in total. The van der Waals surface area contributed by atoms with Crippen molar-refractivity contribution in [3.05, 3.63) is 70.5 Å². The van der Waals surface area contributed by atoms with E-state index in [1.807, 2.05) is 30.3 Å². The highest BCUT2D eigenvalue weighted by Gasteiger charge is 2.34. The van der Waals surface area contributed by atoms with Crippen molar-refractivity contribution in [3.63, 3.8) is 0 Å². The minimum atomic E-state index is -0.207. The van der Waals surface area contributed by atoms with Crippen LogP contribution >= 0.6 is 11.3 Å². The van der Waals surface area contributed by atoms with Crippen molar-refractivity contribution < 1.29 is 4.74 Å². The highest BCUT2D eigenvalue weighted by molar-refractivity contribution is 7.10. The summed E-state index contributed by atoms with van der Waals surface area (Å²) in [4.78, 5) is 4.81. The predicted octanol–water partition coefficient (Wildman–Crippen LogP) is 5.12. The fourth-order valence-corrected chi connectivity index (χ4v) is 4.32. The maximum atomic E-state index is 6.52. The van der Waals surface area contributed by atoms with E-state index in [4.69, 9.17) is 15.5 Å². The zero-order valence-corrected chi connectivity index (χ0v) is 15.0. The van der Waals surface area contributed by atoms with Gasteiger partial charge in [0, 0.05) is 10.9 Å². The van der Waals surface area contributed by atoms with Gasteiger partial charge >= 0.3 is 0 Å². The molecule has 3 aromatic rings. The van der Waals surface area contributed by atoms with Crippen molar-refractivity contribution in [2.45, 2.75) is 37.8 Å². The van der Waals surface area contributed by atoms with Crippen LogP contribution in [0.1, 0.15) is 36.3 Å². The van der Waals surface area contributed by atoms with Gasteiger partial charge in [-0.1, -0.05) is 43.2 Å².